The molecule has 0 heterocycles. The lowest BCUT2D eigenvalue weighted by Gasteiger charge is -2.26. The van der Waals surface area contributed by atoms with Gasteiger partial charge in [-0.2, -0.15) is 0 Å². The predicted octanol–water partition coefficient (Wildman–Crippen LogP) is 1.80. The molecule has 2 heteroatoms. The van der Waals surface area contributed by atoms with E-state index in [0.717, 1.165) is 25.8 Å². The summed E-state index contributed by atoms with van der Waals surface area (Å²) in [7, 11) is 0. The van der Waals surface area contributed by atoms with E-state index in [-0.39, 0.29) is 0 Å². The minimum Gasteiger partial charge on any atom is -0.380 e. The van der Waals surface area contributed by atoms with Crippen LogP contribution in [0.1, 0.15) is 33.1 Å². The molecule has 2 nitrogen and oxygen atoms in total. The maximum Gasteiger partial charge on any atom is 0.0591 e. The molecule has 0 radical (unpaired) electrons. The second kappa shape index (κ2) is 5.55. The average Bonchev–Trinajstić information content (AvgIpc) is 1.92. The van der Waals surface area contributed by atoms with Gasteiger partial charge in [0.25, 0.3) is 0 Å². The summed E-state index contributed by atoms with van der Waals surface area (Å²) in [5.41, 5.74) is 0. The summed E-state index contributed by atoms with van der Waals surface area (Å²) in [5.74, 6) is 0.661. The maximum absolute atomic E-state index is 5.45. The van der Waals surface area contributed by atoms with Crippen LogP contribution in [0.5, 0.6) is 0 Å². The Morgan fingerprint density at radius 3 is 2.67 bits per heavy atom. The van der Waals surface area contributed by atoms with Crippen molar-refractivity contribution in [2.24, 2.45) is 5.92 Å². The first-order valence-electron chi connectivity index (χ1n) is 5.10. The first-order valence-corrected chi connectivity index (χ1v) is 5.10. The second-order valence-corrected chi connectivity index (χ2v) is 4.05. The summed E-state index contributed by atoms with van der Waals surface area (Å²) < 4.78 is 5.45. The standard InChI is InChI=1S/C10H21NO/c1-9(2)8-12-7-6-11-10-4-3-5-10/h9-11H,3-8H2,1-2H3. The summed E-state index contributed by atoms with van der Waals surface area (Å²) in [6.45, 7) is 7.15. The molecular formula is C10H21NO. The van der Waals surface area contributed by atoms with E-state index in [4.69, 9.17) is 4.74 Å². The third kappa shape index (κ3) is 4.07. The quantitative estimate of drug-likeness (QED) is 0.615. The Labute approximate surface area is 75.7 Å². The first-order chi connectivity index (χ1) is 5.79. The third-order valence-electron chi connectivity index (χ3n) is 2.24. The van der Waals surface area contributed by atoms with Crippen molar-refractivity contribution in [1.82, 2.24) is 5.32 Å². The Morgan fingerprint density at radius 2 is 2.17 bits per heavy atom. The van der Waals surface area contributed by atoms with Crippen molar-refractivity contribution in [3.63, 3.8) is 0 Å². The van der Waals surface area contributed by atoms with Gasteiger partial charge in [0.1, 0.15) is 0 Å². The van der Waals surface area contributed by atoms with Gasteiger partial charge in [-0.1, -0.05) is 20.3 Å². The lowest BCUT2D eigenvalue weighted by molar-refractivity contribution is 0.107. The number of hydrogen-bond acceptors (Lipinski definition) is 2. The van der Waals surface area contributed by atoms with Crippen molar-refractivity contribution in [3.05, 3.63) is 0 Å². The molecule has 0 aromatic heterocycles. The normalized spacial score (nSPS) is 18.2. The van der Waals surface area contributed by atoms with Crippen LogP contribution >= 0.6 is 0 Å². The van der Waals surface area contributed by atoms with Gasteiger partial charge < -0.3 is 10.1 Å². The number of hydrogen-bond donors (Lipinski definition) is 1. The fraction of sp³-hybridized carbons (Fsp3) is 1.00. The van der Waals surface area contributed by atoms with E-state index in [1.165, 1.54) is 19.3 Å². The minimum atomic E-state index is 0.661. The van der Waals surface area contributed by atoms with Crippen LogP contribution < -0.4 is 5.32 Å². The van der Waals surface area contributed by atoms with Crippen molar-refractivity contribution in [2.75, 3.05) is 19.8 Å². The number of nitrogens with one attached hydrogen (secondary N) is 1. The van der Waals surface area contributed by atoms with Gasteiger partial charge >= 0.3 is 0 Å². The molecule has 1 rings (SSSR count). The Bertz CT molecular complexity index is 110. The van der Waals surface area contributed by atoms with Gasteiger partial charge in [0, 0.05) is 19.2 Å². The fourth-order valence-electron chi connectivity index (χ4n) is 1.27. The zero-order valence-electron chi connectivity index (χ0n) is 8.31. The largest absolute Gasteiger partial charge is 0.380 e. The topological polar surface area (TPSA) is 21.3 Å². The number of ether oxygens (including phenoxy) is 1. The molecule has 72 valence electrons. The predicted molar refractivity (Wildman–Crippen MR) is 51.3 cm³/mol. The summed E-state index contributed by atoms with van der Waals surface area (Å²) in [5, 5.41) is 3.47. The highest BCUT2D eigenvalue weighted by Gasteiger charge is 2.15. The zero-order valence-corrected chi connectivity index (χ0v) is 8.31. The van der Waals surface area contributed by atoms with E-state index in [1.807, 2.05) is 0 Å². The molecule has 1 saturated carbocycles. The summed E-state index contributed by atoms with van der Waals surface area (Å²) in [6, 6.07) is 0.799. The minimum absolute atomic E-state index is 0.661. The number of rotatable bonds is 6. The van der Waals surface area contributed by atoms with E-state index in [9.17, 15) is 0 Å². The van der Waals surface area contributed by atoms with Crippen molar-refractivity contribution >= 4 is 0 Å². The second-order valence-electron chi connectivity index (χ2n) is 4.05. The molecule has 0 spiro atoms. The molecule has 1 N–H and O–H groups in total. The zero-order chi connectivity index (χ0) is 8.81. The van der Waals surface area contributed by atoms with Crippen LogP contribution in [0.3, 0.4) is 0 Å². The van der Waals surface area contributed by atoms with Gasteiger partial charge in [-0.3, -0.25) is 0 Å². The van der Waals surface area contributed by atoms with Gasteiger partial charge in [-0.15, -0.1) is 0 Å². The lowest BCUT2D eigenvalue weighted by atomic mass is 9.93. The smallest absolute Gasteiger partial charge is 0.0591 e. The van der Waals surface area contributed by atoms with Gasteiger partial charge in [0.05, 0.1) is 6.61 Å². The van der Waals surface area contributed by atoms with Gasteiger partial charge in [-0.05, 0) is 18.8 Å². The van der Waals surface area contributed by atoms with Crippen LogP contribution in [-0.4, -0.2) is 25.8 Å². The van der Waals surface area contributed by atoms with E-state index in [1.54, 1.807) is 0 Å². The van der Waals surface area contributed by atoms with Crippen LogP contribution in [0.25, 0.3) is 0 Å². The fourth-order valence-corrected chi connectivity index (χ4v) is 1.27. The molecule has 0 aromatic rings. The van der Waals surface area contributed by atoms with Crippen molar-refractivity contribution in [1.29, 1.82) is 0 Å². The van der Waals surface area contributed by atoms with Crippen LogP contribution in [0.2, 0.25) is 0 Å². The molecular weight excluding hydrogens is 150 g/mol. The van der Waals surface area contributed by atoms with E-state index in [2.05, 4.69) is 19.2 Å². The molecule has 12 heavy (non-hydrogen) atoms. The molecule has 1 fully saturated rings. The Hall–Kier alpha value is -0.0800. The van der Waals surface area contributed by atoms with Crippen LogP contribution in [0, 0.1) is 5.92 Å². The SMILES string of the molecule is CC(C)COCCNC1CCC1. The monoisotopic (exact) mass is 171 g/mol. The molecule has 0 aliphatic heterocycles. The van der Waals surface area contributed by atoms with Crippen molar-refractivity contribution in [3.8, 4) is 0 Å². The molecule has 1 aliphatic rings. The maximum atomic E-state index is 5.45. The average molecular weight is 171 g/mol. The summed E-state index contributed by atoms with van der Waals surface area (Å²) in [6.07, 6.45) is 4.14. The van der Waals surface area contributed by atoms with Crippen LogP contribution in [-0.2, 0) is 4.74 Å². The summed E-state index contributed by atoms with van der Waals surface area (Å²) >= 11 is 0. The first kappa shape index (κ1) is 10.0. The molecule has 1 aliphatic carbocycles. The highest BCUT2D eigenvalue weighted by atomic mass is 16.5. The van der Waals surface area contributed by atoms with E-state index in [0.29, 0.717) is 5.92 Å². The molecule has 0 bridgehead atoms. The molecule has 0 atom stereocenters. The molecule has 0 unspecified atom stereocenters. The van der Waals surface area contributed by atoms with Gasteiger partial charge in [0.2, 0.25) is 0 Å². The van der Waals surface area contributed by atoms with Crippen molar-refractivity contribution < 1.29 is 4.74 Å². The highest BCUT2D eigenvalue weighted by Crippen LogP contribution is 2.17. The van der Waals surface area contributed by atoms with Crippen LogP contribution in [0.15, 0.2) is 0 Å². The van der Waals surface area contributed by atoms with E-state index < -0.39 is 0 Å². The van der Waals surface area contributed by atoms with Gasteiger partial charge in [-0.25, -0.2) is 0 Å². The molecule has 0 amide bonds. The Kier molecular flexibility index (Phi) is 4.62. The molecule has 0 aromatic carbocycles. The molecule has 0 saturated heterocycles. The van der Waals surface area contributed by atoms with Crippen molar-refractivity contribution in [2.45, 2.75) is 39.2 Å². The van der Waals surface area contributed by atoms with E-state index >= 15 is 0 Å². The Balaban J connectivity index is 1.76. The third-order valence-corrected chi connectivity index (χ3v) is 2.24. The lowest BCUT2D eigenvalue weighted by Crippen LogP contribution is -2.37. The summed E-state index contributed by atoms with van der Waals surface area (Å²) in [4.78, 5) is 0. The highest BCUT2D eigenvalue weighted by molar-refractivity contribution is 4.75. The van der Waals surface area contributed by atoms with Gasteiger partial charge in [0.15, 0.2) is 0 Å². The Morgan fingerprint density at radius 1 is 1.42 bits per heavy atom. The van der Waals surface area contributed by atoms with Crippen LogP contribution in [0.4, 0.5) is 0 Å².